The summed E-state index contributed by atoms with van der Waals surface area (Å²) in [6.45, 7) is 19.0. The molecule has 0 bridgehead atoms. The van der Waals surface area contributed by atoms with Crippen molar-refractivity contribution in [2.24, 2.45) is 46.3 Å². The fourth-order valence-corrected chi connectivity index (χ4v) is 12.3. The predicted molar refractivity (Wildman–Crippen MR) is 164 cm³/mol. The Kier molecular flexibility index (Phi) is 9.56. The highest BCUT2D eigenvalue weighted by molar-refractivity contribution is 8.82. The van der Waals surface area contributed by atoms with Gasteiger partial charge in [0.1, 0.15) is 7.05 Å². The van der Waals surface area contributed by atoms with E-state index < -0.39 is 0 Å². The van der Waals surface area contributed by atoms with Gasteiger partial charge < -0.3 is 0 Å². The molecule has 8 atom stereocenters. The summed E-state index contributed by atoms with van der Waals surface area (Å²) in [6, 6.07) is 0. The molecule has 36 heavy (non-hydrogen) atoms. The van der Waals surface area contributed by atoms with Gasteiger partial charge in [-0.25, -0.2) is 0 Å². The van der Waals surface area contributed by atoms with E-state index in [0.29, 0.717) is 10.8 Å². The highest BCUT2D eigenvalue weighted by Gasteiger charge is 2.59. The van der Waals surface area contributed by atoms with Crippen molar-refractivity contribution >= 4 is 26.6 Å². The molecule has 0 aromatic carbocycles. The summed E-state index contributed by atoms with van der Waals surface area (Å²) < 4.78 is 2.20. The van der Waals surface area contributed by atoms with Crippen LogP contribution in [0.1, 0.15) is 119 Å². The molecule has 0 aromatic rings. The largest absolute Gasteiger partial charge is 0.225 e. The minimum Gasteiger partial charge on any atom is -0.199 e. The second-order valence-corrected chi connectivity index (χ2v) is 16.4. The van der Waals surface area contributed by atoms with Gasteiger partial charge in [0.05, 0.1) is 0 Å². The van der Waals surface area contributed by atoms with Gasteiger partial charge in [0.25, 0.3) is 0 Å². The van der Waals surface area contributed by atoms with E-state index in [2.05, 4.69) is 76.6 Å². The summed E-state index contributed by atoms with van der Waals surface area (Å²) >= 11 is 0. The lowest BCUT2D eigenvalue weighted by Crippen LogP contribution is -2.50. The summed E-state index contributed by atoms with van der Waals surface area (Å²) in [4.78, 5) is 0. The molecule has 0 N–H and O–H groups in total. The van der Waals surface area contributed by atoms with E-state index in [0.717, 1.165) is 47.2 Å². The van der Waals surface area contributed by atoms with Crippen molar-refractivity contribution in [3.63, 3.8) is 0 Å². The summed E-state index contributed by atoms with van der Waals surface area (Å²) in [5.74, 6) is 5.60. The number of hydrogen-bond acceptors (Lipinski definition) is 2. The standard InChI is InChI=1S/C33H56NS2/c1-9-31(34(8)10-2)36-35-26-18-20-32(6)25(22-26)14-15-27-29-17-16-28(24(5)13-11-12-23(3)4)33(29,7)21-19-30(27)32/h10,14,23-24,26-30H,2,9,11-13,15-22H2,1,3-8H3/q+1/b34-31+/t24-,26+,27+,28-,29+,30?,32+,33-/m1/s1. The van der Waals surface area contributed by atoms with Crippen molar-refractivity contribution in [2.75, 3.05) is 7.05 Å². The van der Waals surface area contributed by atoms with Crippen LogP contribution in [-0.2, 0) is 0 Å². The normalized spacial score (nSPS) is 39.6. The fourth-order valence-electron chi connectivity index (χ4n) is 9.33. The Hall–Kier alpha value is -0.150. The molecule has 4 aliphatic rings. The van der Waals surface area contributed by atoms with Crippen LogP contribution >= 0.6 is 21.6 Å². The van der Waals surface area contributed by atoms with E-state index in [4.69, 9.17) is 0 Å². The number of hydrogen-bond donors (Lipinski definition) is 0. The van der Waals surface area contributed by atoms with E-state index in [1.54, 1.807) is 0 Å². The van der Waals surface area contributed by atoms with Crippen LogP contribution in [0.4, 0.5) is 0 Å². The molecule has 1 nitrogen and oxygen atoms in total. The maximum atomic E-state index is 3.96. The third kappa shape index (κ3) is 5.59. The van der Waals surface area contributed by atoms with Gasteiger partial charge in [0.15, 0.2) is 6.20 Å². The zero-order chi connectivity index (χ0) is 26.1. The average molecular weight is 531 g/mol. The second-order valence-electron chi connectivity index (χ2n) is 13.9. The Balaban J connectivity index is 1.41. The first-order chi connectivity index (χ1) is 17.1. The first-order valence-electron chi connectivity index (χ1n) is 15.4. The summed E-state index contributed by atoms with van der Waals surface area (Å²) in [5.41, 5.74) is 2.92. The molecular weight excluding hydrogens is 475 g/mol. The molecule has 3 heteroatoms. The molecule has 0 heterocycles. The minimum atomic E-state index is 0.474. The molecule has 0 spiro atoms. The highest BCUT2D eigenvalue weighted by Crippen LogP contribution is 2.67. The monoisotopic (exact) mass is 530 g/mol. The fraction of sp³-hybridized carbons (Fsp3) is 0.848. The molecule has 204 valence electrons. The Bertz CT molecular complexity index is 843. The third-order valence-electron chi connectivity index (χ3n) is 11.5. The number of allylic oxidation sites excluding steroid dienone is 2. The van der Waals surface area contributed by atoms with Gasteiger partial charge >= 0.3 is 0 Å². The summed E-state index contributed by atoms with van der Waals surface area (Å²) in [7, 11) is 6.27. The Morgan fingerprint density at radius 2 is 1.89 bits per heavy atom. The van der Waals surface area contributed by atoms with Crippen molar-refractivity contribution < 1.29 is 4.58 Å². The molecular formula is C33H56NS2+. The van der Waals surface area contributed by atoms with Crippen LogP contribution in [0.5, 0.6) is 0 Å². The summed E-state index contributed by atoms with van der Waals surface area (Å²) in [5, 5.41) is 2.20. The zero-order valence-corrected chi connectivity index (χ0v) is 26.3. The topological polar surface area (TPSA) is 3.01 Å². The van der Waals surface area contributed by atoms with E-state index >= 15 is 0 Å². The average Bonchev–Trinajstić information content (AvgIpc) is 3.21. The van der Waals surface area contributed by atoms with Gasteiger partial charge in [-0.2, -0.15) is 4.58 Å². The van der Waals surface area contributed by atoms with E-state index in [1.807, 2.05) is 22.6 Å². The molecule has 0 aliphatic heterocycles. The quantitative estimate of drug-likeness (QED) is 0.0958. The maximum absolute atomic E-state index is 3.96. The van der Waals surface area contributed by atoms with Crippen LogP contribution in [0, 0.1) is 46.3 Å². The van der Waals surface area contributed by atoms with Gasteiger partial charge in [0, 0.05) is 22.5 Å². The molecule has 4 aliphatic carbocycles. The lowest BCUT2D eigenvalue weighted by Gasteiger charge is -2.58. The van der Waals surface area contributed by atoms with Crippen molar-refractivity contribution in [2.45, 2.75) is 124 Å². The number of rotatable bonds is 9. The zero-order valence-electron chi connectivity index (χ0n) is 24.7. The van der Waals surface area contributed by atoms with Crippen molar-refractivity contribution in [1.29, 1.82) is 0 Å². The van der Waals surface area contributed by atoms with Crippen LogP contribution in [0.3, 0.4) is 0 Å². The van der Waals surface area contributed by atoms with Gasteiger partial charge in [-0.1, -0.05) is 83.2 Å². The van der Waals surface area contributed by atoms with Crippen molar-refractivity contribution in [3.05, 3.63) is 24.4 Å². The molecule has 0 aromatic heterocycles. The molecule has 0 saturated heterocycles. The Morgan fingerprint density at radius 1 is 1.11 bits per heavy atom. The van der Waals surface area contributed by atoms with Gasteiger partial charge in [-0.15, -0.1) is 0 Å². The van der Waals surface area contributed by atoms with Crippen molar-refractivity contribution in [3.8, 4) is 0 Å². The van der Waals surface area contributed by atoms with Crippen LogP contribution < -0.4 is 0 Å². The minimum absolute atomic E-state index is 0.474. The lowest BCUT2D eigenvalue weighted by atomic mass is 9.47. The second kappa shape index (κ2) is 11.9. The molecule has 0 radical (unpaired) electrons. The summed E-state index contributed by atoms with van der Waals surface area (Å²) in [6.07, 6.45) is 21.6. The van der Waals surface area contributed by atoms with Crippen LogP contribution in [0.25, 0.3) is 0 Å². The van der Waals surface area contributed by atoms with Gasteiger partial charge in [-0.3, -0.25) is 0 Å². The SMILES string of the molecule is C=C/[N+](C)=C(\CC)SS[C@H]1CC[C@@]2(C)C(=CC[C@@H]3C2CC[C@]2(C)[C@@H]([C@H](C)CCCC(C)C)CC[C@@H]32)C1. The first kappa shape index (κ1) is 28.8. The van der Waals surface area contributed by atoms with Crippen molar-refractivity contribution in [1.82, 2.24) is 0 Å². The Labute approximate surface area is 232 Å². The van der Waals surface area contributed by atoms with Gasteiger partial charge in [0.2, 0.25) is 5.04 Å². The maximum Gasteiger partial charge on any atom is 0.225 e. The predicted octanol–water partition coefficient (Wildman–Crippen LogP) is 10.4. The van der Waals surface area contributed by atoms with Crippen LogP contribution in [0.2, 0.25) is 0 Å². The molecule has 3 saturated carbocycles. The highest BCUT2D eigenvalue weighted by atomic mass is 33.1. The van der Waals surface area contributed by atoms with Crippen LogP contribution in [0.15, 0.2) is 24.4 Å². The smallest absolute Gasteiger partial charge is 0.199 e. The molecule has 4 rings (SSSR count). The van der Waals surface area contributed by atoms with E-state index in [9.17, 15) is 0 Å². The molecule has 3 fully saturated rings. The lowest BCUT2D eigenvalue weighted by molar-refractivity contribution is -0.419. The molecule has 0 amide bonds. The number of fused-ring (bicyclic) bond motifs is 5. The van der Waals surface area contributed by atoms with Crippen LogP contribution in [-0.4, -0.2) is 21.9 Å². The van der Waals surface area contributed by atoms with E-state index in [-0.39, 0.29) is 0 Å². The Morgan fingerprint density at radius 3 is 2.58 bits per heavy atom. The molecule has 1 unspecified atom stereocenters. The third-order valence-corrected chi connectivity index (χ3v) is 14.7. The number of nitrogens with zero attached hydrogens (tertiary/aromatic N) is 1. The van der Waals surface area contributed by atoms with Gasteiger partial charge in [-0.05, 0) is 104 Å². The van der Waals surface area contributed by atoms with E-state index in [1.165, 1.54) is 75.7 Å². The first-order valence-corrected chi connectivity index (χ1v) is 17.6.